The Labute approximate surface area is 245 Å². The van der Waals surface area contributed by atoms with Crippen LogP contribution in [0.5, 0.6) is 5.75 Å². The molecular formula is C35H46N2O4. The molecule has 0 spiro atoms. The Kier molecular flexibility index (Phi) is 11.0. The maximum absolute atomic E-state index is 14.0. The lowest BCUT2D eigenvalue weighted by molar-refractivity contribution is -0.133. The smallest absolute Gasteiger partial charge is 0.237 e. The summed E-state index contributed by atoms with van der Waals surface area (Å²) in [6.45, 7) is 3.06. The third-order valence-electron chi connectivity index (χ3n) is 8.49. The van der Waals surface area contributed by atoms with E-state index >= 15 is 0 Å². The van der Waals surface area contributed by atoms with Gasteiger partial charge in [-0.3, -0.25) is 4.79 Å². The number of para-hydroxylation sites is 1. The number of hydrogen-bond acceptors (Lipinski definition) is 5. The van der Waals surface area contributed by atoms with Gasteiger partial charge < -0.3 is 24.7 Å². The summed E-state index contributed by atoms with van der Waals surface area (Å²) in [6.07, 6.45) is 5.63. The molecule has 220 valence electrons. The molecule has 6 heteroatoms. The molecule has 3 aromatic rings. The molecule has 0 saturated carbocycles. The number of ether oxygens (including phenoxy) is 1. The minimum atomic E-state index is -0.945. The molecule has 0 atom stereocenters. The molecule has 3 aromatic carbocycles. The van der Waals surface area contributed by atoms with Crippen LogP contribution in [-0.4, -0.2) is 72.9 Å². The maximum Gasteiger partial charge on any atom is 0.237 e. The van der Waals surface area contributed by atoms with Crippen LogP contribution in [-0.2, 0) is 15.8 Å². The number of carbonyl (C=O) groups excluding carboxylic acids is 1. The fourth-order valence-electron chi connectivity index (χ4n) is 6.10. The Morgan fingerprint density at radius 2 is 1.41 bits per heavy atom. The highest BCUT2D eigenvalue weighted by atomic mass is 16.5. The van der Waals surface area contributed by atoms with Crippen LogP contribution >= 0.6 is 0 Å². The van der Waals surface area contributed by atoms with Crippen LogP contribution in [0.15, 0.2) is 84.9 Å². The highest BCUT2D eigenvalue weighted by Crippen LogP contribution is 2.40. The predicted molar refractivity (Wildman–Crippen MR) is 164 cm³/mol. The number of rotatable bonds is 14. The van der Waals surface area contributed by atoms with Gasteiger partial charge in [0.05, 0.1) is 12.2 Å². The number of likely N-dealkylation sites (N-methyl/N-ethyl adjacent to an activating group) is 1. The topological polar surface area (TPSA) is 73.2 Å². The second-order valence-corrected chi connectivity index (χ2v) is 11.4. The summed E-state index contributed by atoms with van der Waals surface area (Å²) in [5.74, 6) is 0.834. The molecule has 1 saturated heterocycles. The van der Waals surface area contributed by atoms with Gasteiger partial charge in [0, 0.05) is 39.4 Å². The van der Waals surface area contributed by atoms with E-state index < -0.39 is 11.0 Å². The maximum atomic E-state index is 14.0. The van der Waals surface area contributed by atoms with Crippen molar-refractivity contribution in [3.63, 3.8) is 0 Å². The van der Waals surface area contributed by atoms with Gasteiger partial charge in [0.25, 0.3) is 0 Å². The first-order valence-electron chi connectivity index (χ1n) is 15.0. The predicted octanol–water partition coefficient (Wildman–Crippen LogP) is 5.37. The lowest BCUT2D eigenvalue weighted by Crippen LogP contribution is -2.49. The zero-order valence-electron chi connectivity index (χ0n) is 24.7. The second kappa shape index (κ2) is 14.6. The zero-order valence-corrected chi connectivity index (χ0v) is 24.7. The first-order valence-corrected chi connectivity index (χ1v) is 15.0. The van der Waals surface area contributed by atoms with Crippen LogP contribution in [0.1, 0.15) is 61.6 Å². The Hall–Kier alpha value is -3.19. The first kappa shape index (κ1) is 30.8. The molecule has 1 fully saturated rings. The van der Waals surface area contributed by atoms with E-state index in [0.717, 1.165) is 67.8 Å². The molecule has 4 rings (SSSR count). The quantitative estimate of drug-likeness (QED) is 0.261. The second-order valence-electron chi connectivity index (χ2n) is 11.4. The number of benzene rings is 3. The van der Waals surface area contributed by atoms with Crippen molar-refractivity contribution in [2.75, 3.05) is 46.9 Å². The summed E-state index contributed by atoms with van der Waals surface area (Å²) in [7, 11) is 3.66. The summed E-state index contributed by atoms with van der Waals surface area (Å²) in [5, 5.41) is 20.7. The van der Waals surface area contributed by atoms with E-state index in [1.165, 1.54) is 0 Å². The third-order valence-corrected chi connectivity index (χ3v) is 8.49. The van der Waals surface area contributed by atoms with Crippen molar-refractivity contribution < 1.29 is 19.7 Å². The van der Waals surface area contributed by atoms with E-state index in [9.17, 15) is 9.90 Å². The van der Waals surface area contributed by atoms with Gasteiger partial charge >= 0.3 is 0 Å². The molecule has 2 N–H and O–H groups in total. The molecule has 1 aliphatic rings. The number of aliphatic hydroxyl groups excluding tert-OH is 1. The van der Waals surface area contributed by atoms with E-state index in [0.29, 0.717) is 25.9 Å². The minimum absolute atomic E-state index is 0.0749. The Morgan fingerprint density at radius 3 is 2.00 bits per heavy atom. The zero-order chi connectivity index (χ0) is 29.1. The van der Waals surface area contributed by atoms with E-state index in [1.807, 2.05) is 74.8 Å². The summed E-state index contributed by atoms with van der Waals surface area (Å²) in [5.41, 5.74) is 1.12. The van der Waals surface area contributed by atoms with Gasteiger partial charge in [-0.1, -0.05) is 85.3 Å². The molecule has 41 heavy (non-hydrogen) atoms. The first-order chi connectivity index (χ1) is 19.9. The van der Waals surface area contributed by atoms with Crippen molar-refractivity contribution in [1.82, 2.24) is 9.80 Å². The molecular weight excluding hydrogens is 512 g/mol. The van der Waals surface area contributed by atoms with Gasteiger partial charge in [-0.05, 0) is 62.3 Å². The highest BCUT2D eigenvalue weighted by Gasteiger charge is 2.44. The Morgan fingerprint density at radius 1 is 0.854 bits per heavy atom. The van der Waals surface area contributed by atoms with E-state index in [1.54, 1.807) is 4.90 Å². The van der Waals surface area contributed by atoms with Crippen molar-refractivity contribution in [3.05, 3.63) is 102 Å². The lowest BCUT2D eigenvalue weighted by atomic mass is 9.70. The van der Waals surface area contributed by atoms with Crippen molar-refractivity contribution in [1.29, 1.82) is 0 Å². The molecule has 0 bridgehead atoms. The molecule has 6 nitrogen and oxygen atoms in total. The van der Waals surface area contributed by atoms with Crippen LogP contribution in [0.3, 0.4) is 0 Å². The number of aliphatic hydroxyl groups is 2. The Balaban J connectivity index is 1.46. The standard InChI is InChI=1S/C35H46N2O4/c1-36(2)33(39)35(29-15-7-5-8-16-29,30-17-9-6-10-18-30)23-26-37-24-21-34(40,22-25-37)31-19-11-12-20-32(31)41-28-14-4-3-13-27-38/h5-12,15-20,38,40H,3-4,13-14,21-28H2,1-2H3. The van der Waals surface area contributed by atoms with Crippen LogP contribution in [0.2, 0.25) is 0 Å². The monoisotopic (exact) mass is 558 g/mol. The van der Waals surface area contributed by atoms with Crippen LogP contribution in [0.4, 0.5) is 0 Å². The van der Waals surface area contributed by atoms with Gasteiger partial charge in [-0.15, -0.1) is 0 Å². The fourth-order valence-corrected chi connectivity index (χ4v) is 6.10. The number of likely N-dealkylation sites (tertiary alicyclic amines) is 1. The van der Waals surface area contributed by atoms with Gasteiger partial charge in [-0.2, -0.15) is 0 Å². The number of carbonyl (C=O) groups is 1. The van der Waals surface area contributed by atoms with Gasteiger partial charge in [0.1, 0.15) is 11.2 Å². The van der Waals surface area contributed by atoms with E-state index in [-0.39, 0.29) is 12.5 Å². The van der Waals surface area contributed by atoms with Crippen molar-refractivity contribution in [2.45, 2.75) is 56.0 Å². The number of amides is 1. The molecule has 0 aliphatic carbocycles. The van der Waals surface area contributed by atoms with Gasteiger partial charge in [0.2, 0.25) is 5.91 Å². The van der Waals surface area contributed by atoms with Crippen LogP contribution in [0, 0.1) is 0 Å². The molecule has 0 radical (unpaired) electrons. The molecule has 1 aliphatic heterocycles. The van der Waals surface area contributed by atoms with E-state index in [2.05, 4.69) is 29.2 Å². The summed E-state index contributed by atoms with van der Waals surface area (Å²) in [4.78, 5) is 18.1. The number of nitrogens with zero attached hydrogens (tertiary/aromatic N) is 2. The van der Waals surface area contributed by atoms with Gasteiger partial charge in [0.15, 0.2) is 0 Å². The SMILES string of the molecule is CN(C)C(=O)C(CCN1CCC(O)(c2ccccc2OCCCCCCO)CC1)(c1ccccc1)c1ccccc1. The number of unbranched alkanes of at least 4 members (excludes halogenated alkanes) is 3. The highest BCUT2D eigenvalue weighted by molar-refractivity contribution is 5.91. The Bertz CT molecular complexity index is 1170. The van der Waals surface area contributed by atoms with Crippen molar-refractivity contribution in [3.8, 4) is 5.75 Å². The molecule has 0 aromatic heterocycles. The molecule has 0 unspecified atom stereocenters. The lowest BCUT2D eigenvalue weighted by Gasteiger charge is -2.41. The van der Waals surface area contributed by atoms with Crippen LogP contribution in [0.25, 0.3) is 0 Å². The molecule has 1 heterocycles. The summed E-state index contributed by atoms with van der Waals surface area (Å²) >= 11 is 0. The largest absolute Gasteiger partial charge is 0.493 e. The number of hydrogen-bond donors (Lipinski definition) is 2. The van der Waals surface area contributed by atoms with Crippen LogP contribution < -0.4 is 4.74 Å². The number of piperidine rings is 1. The van der Waals surface area contributed by atoms with Gasteiger partial charge in [-0.25, -0.2) is 0 Å². The summed E-state index contributed by atoms with van der Waals surface area (Å²) < 4.78 is 6.12. The molecule has 1 amide bonds. The average Bonchev–Trinajstić information content (AvgIpc) is 3.01. The fraction of sp³-hybridized carbons (Fsp3) is 0.457. The summed E-state index contributed by atoms with van der Waals surface area (Å²) in [6, 6.07) is 28.1. The third kappa shape index (κ3) is 7.37. The average molecular weight is 559 g/mol. The van der Waals surface area contributed by atoms with E-state index in [4.69, 9.17) is 9.84 Å². The minimum Gasteiger partial charge on any atom is -0.493 e. The van der Waals surface area contributed by atoms with Crippen molar-refractivity contribution >= 4 is 5.91 Å². The van der Waals surface area contributed by atoms with Crippen molar-refractivity contribution in [2.24, 2.45) is 0 Å². The normalized spacial score (nSPS) is 15.4.